The maximum Gasteiger partial charge on any atom is 0.250 e. The van der Waals surface area contributed by atoms with E-state index in [4.69, 9.17) is 0 Å². The summed E-state index contributed by atoms with van der Waals surface area (Å²) in [5.41, 5.74) is 1.38. The molecule has 3 heterocycles. The van der Waals surface area contributed by atoms with Crippen LogP contribution in [0.1, 0.15) is 31.4 Å². The lowest BCUT2D eigenvalue weighted by molar-refractivity contribution is -0.142. The number of hydrogen-bond acceptors (Lipinski definition) is 4. The average Bonchev–Trinajstić information content (AvgIpc) is 3.32. The van der Waals surface area contributed by atoms with E-state index in [0.29, 0.717) is 24.6 Å². The third-order valence-electron chi connectivity index (χ3n) is 6.91. The number of hydrogen-bond donors (Lipinski definition) is 2. The number of nitrogens with zero attached hydrogens (tertiary/aromatic N) is 1. The van der Waals surface area contributed by atoms with Gasteiger partial charge in [0.25, 0.3) is 0 Å². The van der Waals surface area contributed by atoms with Gasteiger partial charge in [0.2, 0.25) is 17.7 Å². The highest BCUT2D eigenvalue weighted by atomic mass is 16.2. The van der Waals surface area contributed by atoms with Gasteiger partial charge in [-0.05, 0) is 30.4 Å². The highest BCUT2D eigenvalue weighted by molar-refractivity contribution is 6.15. The number of benzene rings is 2. The van der Waals surface area contributed by atoms with Crippen molar-refractivity contribution in [2.75, 3.05) is 11.9 Å². The van der Waals surface area contributed by atoms with Gasteiger partial charge in [-0.15, -0.1) is 0 Å². The first-order valence-electron chi connectivity index (χ1n) is 11.0. The Balaban J connectivity index is 1.53. The monoisotopic (exact) mass is 417 g/mol. The Hall–Kier alpha value is -2.99. The standard InChI is InChI=1S/C25H27N3O3/c1-15(2)14-19-20-21(25(27-19)17-10-6-7-11-18(17)26-24(25)31)23(30)28(22(20)29)13-12-16-8-4-3-5-9-16/h3-11,15,19-21,27H,12-14H2,1-2H3,(H,26,31)/t19?,20-,21+,25?/m0/s1. The molecule has 6 heteroatoms. The molecule has 1 spiro atoms. The predicted octanol–water partition coefficient (Wildman–Crippen LogP) is 2.70. The minimum absolute atomic E-state index is 0.155. The zero-order chi connectivity index (χ0) is 21.8. The van der Waals surface area contributed by atoms with Crippen LogP contribution >= 0.6 is 0 Å². The van der Waals surface area contributed by atoms with Gasteiger partial charge in [0.05, 0.1) is 11.8 Å². The molecule has 2 aromatic carbocycles. The largest absolute Gasteiger partial charge is 0.324 e. The molecule has 2 saturated heterocycles. The zero-order valence-corrected chi connectivity index (χ0v) is 17.8. The number of rotatable bonds is 5. The van der Waals surface area contributed by atoms with Crippen LogP contribution in [0.2, 0.25) is 0 Å². The zero-order valence-electron chi connectivity index (χ0n) is 17.8. The molecule has 5 rings (SSSR count). The van der Waals surface area contributed by atoms with E-state index in [1.54, 1.807) is 0 Å². The van der Waals surface area contributed by atoms with Crippen molar-refractivity contribution in [3.63, 3.8) is 0 Å². The third kappa shape index (κ3) is 2.92. The first kappa shape index (κ1) is 19.9. The van der Waals surface area contributed by atoms with Gasteiger partial charge in [-0.3, -0.25) is 24.6 Å². The van der Waals surface area contributed by atoms with Crippen molar-refractivity contribution < 1.29 is 14.4 Å². The van der Waals surface area contributed by atoms with Crippen molar-refractivity contribution in [2.45, 2.75) is 38.3 Å². The number of imide groups is 1. The molecule has 2 unspecified atom stereocenters. The maximum absolute atomic E-state index is 13.7. The van der Waals surface area contributed by atoms with Gasteiger partial charge in [-0.25, -0.2) is 0 Å². The topological polar surface area (TPSA) is 78.5 Å². The number of nitrogens with one attached hydrogen (secondary N) is 2. The normalized spacial score (nSPS) is 29.1. The summed E-state index contributed by atoms with van der Waals surface area (Å²) >= 11 is 0. The van der Waals surface area contributed by atoms with Crippen molar-refractivity contribution in [1.29, 1.82) is 0 Å². The van der Waals surface area contributed by atoms with Crippen molar-refractivity contribution in [1.82, 2.24) is 10.2 Å². The Labute approximate surface area is 182 Å². The van der Waals surface area contributed by atoms with Crippen molar-refractivity contribution in [2.24, 2.45) is 17.8 Å². The summed E-state index contributed by atoms with van der Waals surface area (Å²) < 4.78 is 0. The van der Waals surface area contributed by atoms with Crippen LogP contribution in [0.3, 0.4) is 0 Å². The molecular formula is C25H27N3O3. The number of carbonyl (C=O) groups is 3. The van der Waals surface area contributed by atoms with Gasteiger partial charge in [-0.2, -0.15) is 0 Å². The first-order chi connectivity index (χ1) is 14.9. The Morgan fingerprint density at radius 2 is 1.68 bits per heavy atom. The summed E-state index contributed by atoms with van der Waals surface area (Å²) in [4.78, 5) is 41.9. The van der Waals surface area contributed by atoms with Crippen LogP contribution in [0.15, 0.2) is 54.6 Å². The second-order valence-electron chi connectivity index (χ2n) is 9.26. The Kier molecular flexibility index (Phi) is 4.70. The molecule has 3 amide bonds. The molecule has 2 N–H and O–H groups in total. The van der Waals surface area contributed by atoms with Gasteiger partial charge in [0, 0.05) is 23.8 Å². The molecule has 4 atom stereocenters. The number of likely N-dealkylation sites (tertiary alicyclic amines) is 1. The van der Waals surface area contributed by atoms with Crippen molar-refractivity contribution >= 4 is 23.4 Å². The fourth-order valence-electron chi connectivity index (χ4n) is 5.63. The molecule has 0 aromatic heterocycles. The number of para-hydroxylation sites is 1. The minimum atomic E-state index is -1.19. The van der Waals surface area contributed by atoms with E-state index in [-0.39, 0.29) is 23.8 Å². The number of anilines is 1. The summed E-state index contributed by atoms with van der Waals surface area (Å²) in [6, 6.07) is 17.1. The van der Waals surface area contributed by atoms with Crippen molar-refractivity contribution in [3.05, 3.63) is 65.7 Å². The minimum Gasteiger partial charge on any atom is -0.324 e. The second kappa shape index (κ2) is 7.31. The number of carbonyl (C=O) groups excluding carboxylic acids is 3. The Morgan fingerprint density at radius 1 is 0.968 bits per heavy atom. The summed E-state index contributed by atoms with van der Waals surface area (Å²) in [6.45, 7) is 4.53. The van der Waals surface area contributed by atoms with Gasteiger partial charge in [0.1, 0.15) is 5.54 Å². The van der Waals surface area contributed by atoms with E-state index >= 15 is 0 Å². The molecule has 6 nitrogen and oxygen atoms in total. The van der Waals surface area contributed by atoms with E-state index < -0.39 is 17.4 Å². The molecule has 0 saturated carbocycles. The summed E-state index contributed by atoms with van der Waals surface area (Å²) in [5, 5.41) is 6.42. The summed E-state index contributed by atoms with van der Waals surface area (Å²) in [7, 11) is 0. The summed E-state index contributed by atoms with van der Waals surface area (Å²) in [6.07, 6.45) is 1.33. The van der Waals surface area contributed by atoms with Crippen LogP contribution in [0.25, 0.3) is 0 Å². The highest BCUT2D eigenvalue weighted by Gasteiger charge is 2.70. The van der Waals surface area contributed by atoms with E-state index in [2.05, 4.69) is 24.5 Å². The summed E-state index contributed by atoms with van der Waals surface area (Å²) in [5.74, 6) is -1.55. The fraction of sp³-hybridized carbons (Fsp3) is 0.400. The molecule has 3 aliphatic rings. The van der Waals surface area contributed by atoms with E-state index in [1.807, 2.05) is 54.6 Å². The molecule has 2 aromatic rings. The van der Waals surface area contributed by atoms with E-state index in [1.165, 1.54) is 4.90 Å². The van der Waals surface area contributed by atoms with Gasteiger partial charge in [-0.1, -0.05) is 62.4 Å². The molecule has 0 radical (unpaired) electrons. The molecule has 160 valence electrons. The van der Waals surface area contributed by atoms with Crippen LogP contribution in [-0.2, 0) is 26.3 Å². The quantitative estimate of drug-likeness (QED) is 0.734. The van der Waals surface area contributed by atoms with Crippen LogP contribution < -0.4 is 10.6 Å². The average molecular weight is 418 g/mol. The lowest BCUT2D eigenvalue weighted by Crippen LogP contribution is -2.53. The lowest BCUT2D eigenvalue weighted by atomic mass is 9.76. The number of amides is 3. The predicted molar refractivity (Wildman–Crippen MR) is 117 cm³/mol. The van der Waals surface area contributed by atoms with E-state index in [0.717, 1.165) is 17.5 Å². The van der Waals surface area contributed by atoms with Crippen LogP contribution in [0, 0.1) is 17.8 Å². The molecule has 0 bridgehead atoms. The first-order valence-corrected chi connectivity index (χ1v) is 11.0. The SMILES string of the molecule is CC(C)CC1NC2(C(=O)Nc3ccccc32)[C@H]2C(=O)N(CCc3ccccc3)C(=O)[C@@H]12. The molecular weight excluding hydrogens is 390 g/mol. The highest BCUT2D eigenvalue weighted by Crippen LogP contribution is 2.53. The lowest BCUT2D eigenvalue weighted by Gasteiger charge is -2.29. The van der Waals surface area contributed by atoms with Crippen LogP contribution in [-0.4, -0.2) is 35.2 Å². The van der Waals surface area contributed by atoms with Gasteiger partial charge in [0.15, 0.2) is 0 Å². The third-order valence-corrected chi connectivity index (χ3v) is 6.91. The number of fused-ring (bicyclic) bond motifs is 4. The van der Waals surface area contributed by atoms with Crippen LogP contribution in [0.5, 0.6) is 0 Å². The van der Waals surface area contributed by atoms with Gasteiger partial charge < -0.3 is 5.32 Å². The van der Waals surface area contributed by atoms with Gasteiger partial charge >= 0.3 is 0 Å². The Morgan fingerprint density at radius 3 is 2.42 bits per heavy atom. The maximum atomic E-state index is 13.7. The van der Waals surface area contributed by atoms with E-state index in [9.17, 15) is 14.4 Å². The molecule has 2 fully saturated rings. The fourth-order valence-corrected chi connectivity index (χ4v) is 5.63. The Bertz CT molecular complexity index is 1050. The van der Waals surface area contributed by atoms with Crippen molar-refractivity contribution in [3.8, 4) is 0 Å². The molecule has 31 heavy (non-hydrogen) atoms. The van der Waals surface area contributed by atoms with Crippen LogP contribution in [0.4, 0.5) is 5.69 Å². The smallest absolute Gasteiger partial charge is 0.250 e. The molecule has 3 aliphatic heterocycles. The molecule has 0 aliphatic carbocycles. The second-order valence-corrected chi connectivity index (χ2v) is 9.26.